The Bertz CT molecular complexity index is 773. The third-order valence-electron chi connectivity index (χ3n) is 3.62. The van der Waals surface area contributed by atoms with Crippen LogP contribution < -0.4 is 20.1 Å². The number of rotatable bonds is 4. The van der Waals surface area contributed by atoms with Gasteiger partial charge in [-0.25, -0.2) is 0 Å². The summed E-state index contributed by atoms with van der Waals surface area (Å²) in [4.78, 5) is 23.7. The monoisotopic (exact) mass is 326 g/mol. The predicted octanol–water partition coefficient (Wildman–Crippen LogP) is 2.02. The lowest BCUT2D eigenvalue weighted by Gasteiger charge is -2.07. The summed E-state index contributed by atoms with van der Waals surface area (Å²) in [5.74, 6) is 0.0971. The third kappa shape index (κ3) is 3.84. The maximum Gasteiger partial charge on any atom is 0.313 e. The Hall–Kier alpha value is -3.02. The molecule has 1 aliphatic rings. The number of ether oxygens (including phenoxy) is 2. The third-order valence-corrected chi connectivity index (χ3v) is 3.62. The van der Waals surface area contributed by atoms with Gasteiger partial charge in [-0.15, -0.1) is 0 Å². The zero-order valence-corrected chi connectivity index (χ0v) is 13.3. The van der Waals surface area contributed by atoms with Crippen molar-refractivity contribution in [2.24, 2.45) is 0 Å². The maximum atomic E-state index is 11.9. The summed E-state index contributed by atoms with van der Waals surface area (Å²) >= 11 is 0. The van der Waals surface area contributed by atoms with Gasteiger partial charge in [0.2, 0.25) is 6.79 Å². The van der Waals surface area contributed by atoms with Crippen molar-refractivity contribution in [2.75, 3.05) is 18.7 Å². The molecular formula is C18H18N2O4. The van der Waals surface area contributed by atoms with Gasteiger partial charge in [0, 0.05) is 12.2 Å². The van der Waals surface area contributed by atoms with Crippen molar-refractivity contribution in [3.8, 4) is 11.5 Å². The van der Waals surface area contributed by atoms with E-state index in [1.165, 1.54) is 0 Å². The van der Waals surface area contributed by atoms with Crippen molar-refractivity contribution in [1.29, 1.82) is 0 Å². The number of carbonyl (C=O) groups is 2. The van der Waals surface area contributed by atoms with Crippen LogP contribution in [-0.2, 0) is 16.0 Å². The summed E-state index contributed by atoms with van der Waals surface area (Å²) in [5, 5.41) is 5.19. The van der Waals surface area contributed by atoms with Gasteiger partial charge in [-0.1, -0.05) is 18.2 Å². The van der Waals surface area contributed by atoms with Crippen LogP contribution in [0.2, 0.25) is 0 Å². The molecule has 24 heavy (non-hydrogen) atoms. The molecule has 2 N–H and O–H groups in total. The minimum absolute atomic E-state index is 0.231. The summed E-state index contributed by atoms with van der Waals surface area (Å²) in [6.07, 6.45) is 0.597. The Morgan fingerprint density at radius 1 is 1.04 bits per heavy atom. The Kier molecular flexibility index (Phi) is 4.65. The lowest BCUT2D eigenvalue weighted by Crippen LogP contribution is -2.36. The van der Waals surface area contributed by atoms with E-state index in [1.807, 2.05) is 37.3 Å². The first-order chi connectivity index (χ1) is 11.6. The molecule has 6 heteroatoms. The molecule has 3 rings (SSSR count). The number of hydrogen-bond acceptors (Lipinski definition) is 4. The molecule has 0 fully saturated rings. The van der Waals surface area contributed by atoms with Gasteiger partial charge in [0.15, 0.2) is 11.5 Å². The molecule has 0 atom stereocenters. The molecule has 1 heterocycles. The van der Waals surface area contributed by atoms with E-state index in [4.69, 9.17) is 9.47 Å². The predicted molar refractivity (Wildman–Crippen MR) is 89.1 cm³/mol. The molecule has 0 aromatic heterocycles. The highest BCUT2D eigenvalue weighted by molar-refractivity contribution is 6.39. The number of carbonyl (C=O) groups excluding carboxylic acids is 2. The molecule has 0 spiro atoms. The van der Waals surface area contributed by atoms with Crippen LogP contribution in [0.25, 0.3) is 0 Å². The molecular weight excluding hydrogens is 308 g/mol. The second-order valence-electron chi connectivity index (χ2n) is 5.52. The molecule has 0 unspecified atom stereocenters. The lowest BCUT2D eigenvalue weighted by molar-refractivity contribution is -0.136. The highest BCUT2D eigenvalue weighted by Crippen LogP contribution is 2.32. The lowest BCUT2D eigenvalue weighted by atomic mass is 10.1. The fourth-order valence-corrected chi connectivity index (χ4v) is 2.41. The van der Waals surface area contributed by atoms with Gasteiger partial charge in [0.1, 0.15) is 0 Å². The van der Waals surface area contributed by atoms with Gasteiger partial charge < -0.3 is 20.1 Å². The Morgan fingerprint density at radius 3 is 2.71 bits per heavy atom. The zero-order chi connectivity index (χ0) is 16.9. The highest BCUT2D eigenvalue weighted by atomic mass is 16.7. The molecule has 2 aromatic carbocycles. The first-order valence-electron chi connectivity index (χ1n) is 7.66. The summed E-state index contributed by atoms with van der Waals surface area (Å²) in [6, 6.07) is 12.9. The average molecular weight is 326 g/mol. The van der Waals surface area contributed by atoms with E-state index in [0.29, 0.717) is 24.4 Å². The van der Waals surface area contributed by atoms with E-state index in [2.05, 4.69) is 10.6 Å². The first-order valence-corrected chi connectivity index (χ1v) is 7.66. The van der Waals surface area contributed by atoms with Crippen molar-refractivity contribution in [2.45, 2.75) is 13.3 Å². The van der Waals surface area contributed by atoms with E-state index in [1.54, 1.807) is 12.1 Å². The van der Waals surface area contributed by atoms with Gasteiger partial charge in [-0.2, -0.15) is 0 Å². The van der Waals surface area contributed by atoms with Crippen molar-refractivity contribution < 1.29 is 19.1 Å². The zero-order valence-electron chi connectivity index (χ0n) is 13.3. The molecule has 0 aliphatic carbocycles. The number of aryl methyl sites for hydroxylation is 1. The van der Waals surface area contributed by atoms with Crippen molar-refractivity contribution >= 4 is 17.5 Å². The summed E-state index contributed by atoms with van der Waals surface area (Å²) in [5.41, 5.74) is 2.61. The number of hydrogen-bond donors (Lipinski definition) is 2. The van der Waals surface area contributed by atoms with Crippen LogP contribution in [0.1, 0.15) is 11.1 Å². The van der Waals surface area contributed by atoms with Crippen LogP contribution in [0.15, 0.2) is 42.5 Å². The van der Waals surface area contributed by atoms with E-state index in [-0.39, 0.29) is 6.79 Å². The van der Waals surface area contributed by atoms with Crippen molar-refractivity contribution in [1.82, 2.24) is 5.32 Å². The van der Waals surface area contributed by atoms with Crippen LogP contribution in [0, 0.1) is 6.92 Å². The molecule has 0 saturated heterocycles. The Labute approximate surface area is 139 Å². The van der Waals surface area contributed by atoms with Crippen LogP contribution in [0.4, 0.5) is 5.69 Å². The Morgan fingerprint density at radius 2 is 1.88 bits per heavy atom. The van der Waals surface area contributed by atoms with Gasteiger partial charge in [0.25, 0.3) is 0 Å². The second kappa shape index (κ2) is 7.04. The number of fused-ring (bicyclic) bond motifs is 1. The maximum absolute atomic E-state index is 11.9. The molecule has 124 valence electrons. The van der Waals surface area contributed by atoms with Gasteiger partial charge >= 0.3 is 11.8 Å². The van der Waals surface area contributed by atoms with Crippen LogP contribution >= 0.6 is 0 Å². The number of nitrogens with one attached hydrogen (secondary N) is 2. The topological polar surface area (TPSA) is 76.7 Å². The number of benzene rings is 2. The molecule has 6 nitrogen and oxygen atoms in total. The number of anilines is 1. The van der Waals surface area contributed by atoms with Crippen molar-refractivity contribution in [3.63, 3.8) is 0 Å². The summed E-state index contributed by atoms with van der Waals surface area (Å²) in [6.45, 7) is 2.51. The van der Waals surface area contributed by atoms with Crippen LogP contribution in [-0.4, -0.2) is 25.2 Å². The van der Waals surface area contributed by atoms with E-state index in [0.717, 1.165) is 16.9 Å². The largest absolute Gasteiger partial charge is 0.454 e. The second-order valence-corrected chi connectivity index (χ2v) is 5.52. The fraction of sp³-hybridized carbons (Fsp3) is 0.222. The summed E-state index contributed by atoms with van der Waals surface area (Å²) in [7, 11) is 0. The highest BCUT2D eigenvalue weighted by Gasteiger charge is 2.15. The normalized spacial score (nSPS) is 11.9. The van der Waals surface area contributed by atoms with Gasteiger partial charge in [0.05, 0.1) is 0 Å². The molecule has 1 aliphatic heterocycles. The first kappa shape index (κ1) is 15.9. The van der Waals surface area contributed by atoms with Gasteiger partial charge in [-0.3, -0.25) is 9.59 Å². The quantitative estimate of drug-likeness (QED) is 0.843. The van der Waals surface area contributed by atoms with Crippen LogP contribution in [0.3, 0.4) is 0 Å². The minimum atomic E-state index is -0.675. The van der Waals surface area contributed by atoms with E-state index < -0.39 is 11.8 Å². The molecule has 2 amide bonds. The fourth-order valence-electron chi connectivity index (χ4n) is 2.41. The van der Waals surface area contributed by atoms with E-state index in [9.17, 15) is 9.59 Å². The van der Waals surface area contributed by atoms with Crippen LogP contribution in [0.5, 0.6) is 11.5 Å². The molecule has 0 saturated carbocycles. The average Bonchev–Trinajstić information content (AvgIpc) is 3.02. The van der Waals surface area contributed by atoms with E-state index >= 15 is 0 Å². The Balaban J connectivity index is 1.47. The van der Waals surface area contributed by atoms with Crippen molar-refractivity contribution in [3.05, 3.63) is 53.6 Å². The van der Waals surface area contributed by atoms with Gasteiger partial charge in [-0.05, 0) is 48.7 Å². The summed E-state index contributed by atoms with van der Waals surface area (Å²) < 4.78 is 10.6. The molecule has 0 radical (unpaired) electrons. The smallest absolute Gasteiger partial charge is 0.313 e. The number of amides is 2. The standard InChI is InChI=1S/C18H18N2O4/c1-12-3-2-4-14(9-12)20-18(22)17(21)19-8-7-13-5-6-15-16(10-13)24-11-23-15/h2-6,9-10H,7-8,11H2,1H3,(H,19,21)(H,20,22). The minimum Gasteiger partial charge on any atom is -0.454 e. The molecule has 2 aromatic rings. The molecule has 0 bridgehead atoms. The SMILES string of the molecule is Cc1cccc(NC(=O)C(=O)NCCc2ccc3c(c2)OCO3)c1.